The molecule has 0 N–H and O–H groups in total. The molecule has 2 aromatic rings. The molecule has 3 rings (SSSR count). The maximum Gasteiger partial charge on any atom is 0.119 e. The maximum absolute atomic E-state index is 5.51. The molecule has 0 saturated carbocycles. The Morgan fingerprint density at radius 1 is 1.22 bits per heavy atom. The molecule has 1 aromatic carbocycles. The van der Waals surface area contributed by atoms with Crippen LogP contribution in [0, 0.1) is 0 Å². The van der Waals surface area contributed by atoms with Crippen LogP contribution >= 0.6 is 23.5 Å². The molecule has 23 heavy (non-hydrogen) atoms. The number of aryl methyl sites for hydroxylation is 1. The number of thioether (sulfide) groups is 2. The van der Waals surface area contributed by atoms with Crippen molar-refractivity contribution in [1.82, 2.24) is 9.55 Å². The van der Waals surface area contributed by atoms with Crippen molar-refractivity contribution < 1.29 is 4.74 Å². The van der Waals surface area contributed by atoms with Gasteiger partial charge in [-0.1, -0.05) is 12.1 Å². The average Bonchev–Trinajstić information content (AvgIpc) is 3.22. The highest BCUT2D eigenvalue weighted by Gasteiger charge is 2.35. The summed E-state index contributed by atoms with van der Waals surface area (Å²) in [4.78, 5) is 4.18. The topological polar surface area (TPSA) is 27.1 Å². The largest absolute Gasteiger partial charge is 0.494 e. The maximum atomic E-state index is 5.51. The van der Waals surface area contributed by atoms with Crippen molar-refractivity contribution in [2.45, 2.75) is 36.8 Å². The average molecular weight is 349 g/mol. The molecule has 3 nitrogen and oxygen atoms in total. The van der Waals surface area contributed by atoms with Crippen LogP contribution in [-0.4, -0.2) is 31.7 Å². The first-order valence-corrected chi connectivity index (χ1v) is 10.2. The Labute approximate surface area is 147 Å². The Hall–Kier alpha value is -1.07. The molecule has 0 bridgehead atoms. The second kappa shape index (κ2) is 8.15. The Morgan fingerprint density at radius 2 is 2.00 bits per heavy atom. The highest BCUT2D eigenvalue weighted by atomic mass is 32.2. The molecule has 1 aliphatic rings. The van der Waals surface area contributed by atoms with Crippen LogP contribution in [0.1, 0.15) is 25.3 Å². The van der Waals surface area contributed by atoms with Gasteiger partial charge in [0.25, 0.3) is 0 Å². The predicted molar refractivity (Wildman–Crippen MR) is 100 cm³/mol. The van der Waals surface area contributed by atoms with Crippen LogP contribution in [0.25, 0.3) is 0 Å². The van der Waals surface area contributed by atoms with Crippen molar-refractivity contribution in [3.63, 3.8) is 0 Å². The molecule has 1 aromatic heterocycles. The molecule has 0 amide bonds. The van der Waals surface area contributed by atoms with Gasteiger partial charge in [0, 0.05) is 30.4 Å². The lowest BCUT2D eigenvalue weighted by molar-refractivity contribution is 0.340. The second-order valence-corrected chi connectivity index (χ2v) is 8.99. The number of nitrogens with zero attached hydrogens (tertiary/aromatic N) is 2. The first-order valence-electron chi connectivity index (χ1n) is 8.25. The quantitative estimate of drug-likeness (QED) is 0.703. The van der Waals surface area contributed by atoms with Crippen LogP contribution in [-0.2, 0) is 13.0 Å². The summed E-state index contributed by atoms with van der Waals surface area (Å²) in [5, 5.41) is 0. The summed E-state index contributed by atoms with van der Waals surface area (Å²) >= 11 is 4.25. The van der Waals surface area contributed by atoms with E-state index >= 15 is 0 Å². The van der Waals surface area contributed by atoms with Crippen molar-refractivity contribution in [2.24, 2.45) is 0 Å². The van der Waals surface area contributed by atoms with Crippen LogP contribution in [0.2, 0.25) is 0 Å². The standard InChI is InChI=1S/C18H24N2OS2/c1-2-21-17-7-5-16(6-8-17)4-3-9-18(22-12-13-23-18)14-20-11-10-19-15-20/h5-8,10-11,15H,2-4,9,12-14H2,1H3. The summed E-state index contributed by atoms with van der Waals surface area (Å²) in [7, 11) is 0. The molecule has 0 aliphatic carbocycles. The zero-order chi connectivity index (χ0) is 16.0. The van der Waals surface area contributed by atoms with Gasteiger partial charge in [-0.2, -0.15) is 0 Å². The molecular formula is C18H24N2OS2. The summed E-state index contributed by atoms with van der Waals surface area (Å²) in [5.41, 5.74) is 1.40. The van der Waals surface area contributed by atoms with Crippen LogP contribution in [0.4, 0.5) is 0 Å². The van der Waals surface area contributed by atoms with E-state index in [1.807, 2.05) is 19.4 Å². The highest BCUT2D eigenvalue weighted by molar-refractivity contribution is 8.21. The third kappa shape index (κ3) is 4.70. The lowest BCUT2D eigenvalue weighted by Crippen LogP contribution is -2.24. The van der Waals surface area contributed by atoms with E-state index < -0.39 is 0 Å². The summed E-state index contributed by atoms with van der Waals surface area (Å²) in [6.45, 7) is 3.81. The van der Waals surface area contributed by atoms with E-state index in [-0.39, 0.29) is 0 Å². The minimum Gasteiger partial charge on any atom is -0.494 e. The van der Waals surface area contributed by atoms with E-state index in [4.69, 9.17) is 4.74 Å². The summed E-state index contributed by atoms with van der Waals surface area (Å²) in [6, 6.07) is 8.56. The number of hydrogen-bond acceptors (Lipinski definition) is 4. The fraction of sp³-hybridized carbons (Fsp3) is 0.500. The Bertz CT molecular complexity index is 578. The van der Waals surface area contributed by atoms with E-state index in [9.17, 15) is 0 Å². The van der Waals surface area contributed by atoms with Crippen molar-refractivity contribution in [3.05, 3.63) is 48.5 Å². The molecule has 5 heteroatoms. The highest BCUT2D eigenvalue weighted by Crippen LogP contribution is 2.48. The van der Waals surface area contributed by atoms with Crippen molar-refractivity contribution in [2.75, 3.05) is 18.1 Å². The van der Waals surface area contributed by atoms with Gasteiger partial charge >= 0.3 is 0 Å². The van der Waals surface area contributed by atoms with Gasteiger partial charge in [-0.05, 0) is 43.9 Å². The summed E-state index contributed by atoms with van der Waals surface area (Å²) in [5.74, 6) is 3.50. The van der Waals surface area contributed by atoms with Gasteiger partial charge < -0.3 is 9.30 Å². The lowest BCUT2D eigenvalue weighted by Gasteiger charge is -2.27. The van der Waals surface area contributed by atoms with Gasteiger partial charge in [-0.3, -0.25) is 0 Å². The Kier molecular flexibility index (Phi) is 5.95. The van der Waals surface area contributed by atoms with E-state index in [0.29, 0.717) is 4.08 Å². The van der Waals surface area contributed by atoms with Gasteiger partial charge in [0.1, 0.15) is 5.75 Å². The van der Waals surface area contributed by atoms with Gasteiger partial charge in [0.2, 0.25) is 0 Å². The predicted octanol–water partition coefficient (Wildman–Crippen LogP) is 4.48. The molecule has 1 fully saturated rings. The van der Waals surface area contributed by atoms with Gasteiger partial charge in [-0.15, -0.1) is 23.5 Å². The van der Waals surface area contributed by atoms with Gasteiger partial charge in [-0.25, -0.2) is 4.98 Å². The number of imidazole rings is 1. The molecule has 1 aliphatic heterocycles. The van der Waals surface area contributed by atoms with Crippen molar-refractivity contribution in [1.29, 1.82) is 0 Å². The van der Waals surface area contributed by atoms with Crippen LogP contribution < -0.4 is 4.74 Å². The molecule has 124 valence electrons. The van der Waals surface area contributed by atoms with E-state index in [1.165, 1.54) is 29.9 Å². The number of hydrogen-bond donors (Lipinski definition) is 0. The first-order chi connectivity index (χ1) is 11.3. The Morgan fingerprint density at radius 3 is 2.65 bits per heavy atom. The summed E-state index contributed by atoms with van der Waals surface area (Å²) < 4.78 is 8.06. The number of benzene rings is 1. The minimum atomic E-state index is 0.325. The van der Waals surface area contributed by atoms with E-state index in [1.54, 1.807) is 0 Å². The van der Waals surface area contributed by atoms with Crippen molar-refractivity contribution >= 4 is 23.5 Å². The zero-order valence-electron chi connectivity index (χ0n) is 13.6. The smallest absolute Gasteiger partial charge is 0.119 e. The van der Waals surface area contributed by atoms with Crippen molar-refractivity contribution in [3.8, 4) is 5.75 Å². The fourth-order valence-corrected chi connectivity index (χ4v) is 6.25. The van der Waals surface area contributed by atoms with E-state index in [2.05, 4.69) is 63.5 Å². The minimum absolute atomic E-state index is 0.325. The molecule has 1 saturated heterocycles. The van der Waals surface area contributed by atoms with Crippen LogP contribution in [0.5, 0.6) is 5.75 Å². The van der Waals surface area contributed by atoms with Crippen LogP contribution in [0.3, 0.4) is 0 Å². The van der Waals surface area contributed by atoms with Gasteiger partial charge in [0.05, 0.1) is 17.0 Å². The van der Waals surface area contributed by atoms with Gasteiger partial charge in [0.15, 0.2) is 0 Å². The fourth-order valence-electron chi connectivity index (χ4n) is 2.95. The molecular weight excluding hydrogens is 324 g/mol. The first kappa shape index (κ1) is 16.8. The lowest BCUT2D eigenvalue weighted by atomic mass is 10.1. The third-order valence-electron chi connectivity index (χ3n) is 4.05. The number of rotatable bonds is 8. The zero-order valence-corrected chi connectivity index (χ0v) is 15.2. The molecule has 0 spiro atoms. The van der Waals surface area contributed by atoms with Crippen LogP contribution in [0.15, 0.2) is 43.0 Å². The molecule has 0 atom stereocenters. The molecule has 0 unspecified atom stereocenters. The number of aromatic nitrogens is 2. The molecule has 0 radical (unpaired) electrons. The normalized spacial score (nSPS) is 16.6. The third-order valence-corrected chi connectivity index (χ3v) is 7.55. The monoisotopic (exact) mass is 348 g/mol. The second-order valence-electron chi connectivity index (χ2n) is 5.77. The van der Waals surface area contributed by atoms with E-state index in [0.717, 1.165) is 25.3 Å². The Balaban J connectivity index is 1.53. The number of ether oxygens (including phenoxy) is 1. The summed E-state index contributed by atoms with van der Waals surface area (Å²) in [6.07, 6.45) is 9.49. The molecule has 2 heterocycles. The SMILES string of the molecule is CCOc1ccc(CCCC2(Cn3ccnc3)SCCS2)cc1.